The van der Waals surface area contributed by atoms with Gasteiger partial charge < -0.3 is 5.32 Å². The average molecular weight is 483 g/mol. The largest absolute Gasteiger partial charge is 0.344 e. The number of carbonyl (C=O) groups is 3. The molecular formula is C22H26N8O3S. The van der Waals surface area contributed by atoms with Crippen molar-refractivity contribution in [3.05, 3.63) is 60.2 Å². The number of urea groups is 2. The van der Waals surface area contributed by atoms with Crippen LogP contribution in [-0.2, 0) is 17.6 Å². The maximum atomic E-state index is 13.0. The summed E-state index contributed by atoms with van der Waals surface area (Å²) in [6.45, 7) is 1.98. The molecule has 3 N–H and O–H groups in total. The third-order valence-electron chi connectivity index (χ3n) is 5.07. The molecule has 2 unspecified atom stereocenters. The number of thioether (sulfide) groups is 1. The summed E-state index contributed by atoms with van der Waals surface area (Å²) in [6.07, 6.45) is 2.97. The number of hydrogen-bond donors (Lipinski definition) is 3. The van der Waals surface area contributed by atoms with E-state index in [1.54, 1.807) is 54.2 Å². The number of carbonyl (C=O) groups excluding carboxylic acids is 3. The predicted molar refractivity (Wildman–Crippen MR) is 126 cm³/mol. The van der Waals surface area contributed by atoms with Gasteiger partial charge in [-0.05, 0) is 31.2 Å². The monoisotopic (exact) mass is 482 g/mol. The van der Waals surface area contributed by atoms with E-state index >= 15 is 0 Å². The Morgan fingerprint density at radius 2 is 1.91 bits per heavy atom. The van der Waals surface area contributed by atoms with Crippen LogP contribution in [0.1, 0.15) is 18.3 Å². The molecule has 2 aromatic rings. The van der Waals surface area contributed by atoms with Crippen LogP contribution < -0.4 is 16.1 Å². The van der Waals surface area contributed by atoms with E-state index < -0.39 is 30.2 Å². The number of nitrogens with zero attached hydrogens (tertiary/aromatic N) is 5. The van der Waals surface area contributed by atoms with Crippen molar-refractivity contribution in [3.63, 3.8) is 0 Å². The van der Waals surface area contributed by atoms with Crippen LogP contribution in [0.4, 0.5) is 9.59 Å². The lowest BCUT2D eigenvalue weighted by atomic mass is 10.2. The number of imide groups is 1. The molecule has 34 heavy (non-hydrogen) atoms. The van der Waals surface area contributed by atoms with Gasteiger partial charge in [0.2, 0.25) is 5.91 Å². The quantitative estimate of drug-likeness (QED) is 0.501. The summed E-state index contributed by atoms with van der Waals surface area (Å²) in [6, 6.07) is 11.0. The Kier molecular flexibility index (Phi) is 9.19. The molecule has 11 nitrogen and oxygen atoms in total. The van der Waals surface area contributed by atoms with Crippen LogP contribution in [0.15, 0.2) is 48.8 Å². The molecule has 0 bridgehead atoms. The summed E-state index contributed by atoms with van der Waals surface area (Å²) in [5, 5.41) is 15.4. The van der Waals surface area contributed by atoms with Gasteiger partial charge in [0.15, 0.2) is 0 Å². The third-order valence-corrected chi connectivity index (χ3v) is 6.10. The van der Waals surface area contributed by atoms with E-state index in [1.807, 2.05) is 18.2 Å². The van der Waals surface area contributed by atoms with Crippen molar-refractivity contribution >= 4 is 29.7 Å². The number of hydrazine groups is 1. The molecule has 0 radical (unpaired) electrons. The van der Waals surface area contributed by atoms with Gasteiger partial charge in [-0.15, -0.1) is 11.8 Å². The lowest BCUT2D eigenvalue weighted by Crippen LogP contribution is -2.62. The fourth-order valence-corrected chi connectivity index (χ4v) is 4.49. The van der Waals surface area contributed by atoms with E-state index in [-0.39, 0.29) is 6.42 Å². The van der Waals surface area contributed by atoms with Crippen molar-refractivity contribution in [1.82, 2.24) is 35.9 Å². The number of pyridine rings is 2. The third kappa shape index (κ3) is 7.16. The minimum Gasteiger partial charge on any atom is -0.336 e. The fourth-order valence-electron chi connectivity index (χ4n) is 3.29. The van der Waals surface area contributed by atoms with Crippen molar-refractivity contribution in [1.29, 1.82) is 5.26 Å². The highest BCUT2D eigenvalue weighted by molar-refractivity contribution is 7.99. The molecule has 0 spiro atoms. The summed E-state index contributed by atoms with van der Waals surface area (Å²) in [4.78, 5) is 48.0. The van der Waals surface area contributed by atoms with Crippen molar-refractivity contribution < 1.29 is 14.4 Å². The average Bonchev–Trinajstić information content (AvgIpc) is 3.32. The minimum atomic E-state index is -0.804. The Balaban J connectivity index is 1.63. The molecular weight excluding hydrogens is 456 g/mol. The summed E-state index contributed by atoms with van der Waals surface area (Å²) in [5.74, 6) is 0.532. The first kappa shape index (κ1) is 24.9. The van der Waals surface area contributed by atoms with E-state index in [9.17, 15) is 19.6 Å². The van der Waals surface area contributed by atoms with Crippen LogP contribution in [-0.4, -0.2) is 68.2 Å². The molecule has 0 aliphatic carbocycles. The molecule has 0 aromatic carbocycles. The van der Waals surface area contributed by atoms with Crippen LogP contribution in [0.2, 0.25) is 0 Å². The Hall–Kier alpha value is -3.69. The molecule has 5 amide bonds. The van der Waals surface area contributed by atoms with Gasteiger partial charge in [-0.25, -0.2) is 20.0 Å². The zero-order chi connectivity index (χ0) is 24.3. The van der Waals surface area contributed by atoms with Crippen LogP contribution in [0.3, 0.4) is 0 Å². The second-order valence-electron chi connectivity index (χ2n) is 7.45. The van der Waals surface area contributed by atoms with Gasteiger partial charge in [0.1, 0.15) is 12.2 Å². The van der Waals surface area contributed by atoms with Crippen LogP contribution in [0, 0.1) is 11.3 Å². The number of nitriles is 1. The molecule has 2 atom stereocenters. The van der Waals surface area contributed by atoms with Gasteiger partial charge in [0.05, 0.1) is 12.5 Å². The Morgan fingerprint density at radius 1 is 1.21 bits per heavy atom. The standard InChI is InChI=1S/C22H26N8O3S/c1-16(29-15-34-14-19(29)13-23)30(22(33)27-20(31)12-18-7-3-5-10-25-18)28-21(32)26-11-8-17-6-2-4-9-24-17/h2-7,9-10,16,19H,8,11-12,14-15H2,1H3,(H2,26,28,32)(H,27,31,33). The van der Waals surface area contributed by atoms with E-state index in [2.05, 4.69) is 32.1 Å². The first-order chi connectivity index (χ1) is 16.5. The summed E-state index contributed by atoms with van der Waals surface area (Å²) in [7, 11) is 0. The van der Waals surface area contributed by atoms with Crippen LogP contribution >= 0.6 is 11.8 Å². The maximum Gasteiger partial charge on any atom is 0.344 e. The second kappa shape index (κ2) is 12.5. The SMILES string of the molecule is CC(N(NC(=O)NCCc1ccccn1)C(=O)NC(=O)Cc1ccccn1)N1CSCC1C#N. The highest BCUT2D eigenvalue weighted by Crippen LogP contribution is 2.23. The summed E-state index contributed by atoms with van der Waals surface area (Å²) in [5.41, 5.74) is 3.84. The lowest BCUT2D eigenvalue weighted by Gasteiger charge is -2.35. The highest BCUT2D eigenvalue weighted by atomic mass is 32.2. The van der Waals surface area contributed by atoms with Gasteiger partial charge in [-0.1, -0.05) is 12.1 Å². The van der Waals surface area contributed by atoms with Gasteiger partial charge in [-0.3, -0.25) is 25.0 Å². The van der Waals surface area contributed by atoms with Crippen molar-refractivity contribution in [3.8, 4) is 6.07 Å². The lowest BCUT2D eigenvalue weighted by molar-refractivity contribution is -0.119. The molecule has 12 heteroatoms. The predicted octanol–water partition coefficient (Wildman–Crippen LogP) is 1.26. The molecule has 178 valence electrons. The number of nitrogens with one attached hydrogen (secondary N) is 3. The van der Waals surface area contributed by atoms with E-state index in [0.29, 0.717) is 30.3 Å². The summed E-state index contributed by atoms with van der Waals surface area (Å²) < 4.78 is 0. The summed E-state index contributed by atoms with van der Waals surface area (Å²) >= 11 is 1.55. The molecule has 2 aromatic heterocycles. The molecule has 1 aliphatic heterocycles. The maximum absolute atomic E-state index is 13.0. The first-order valence-corrected chi connectivity index (χ1v) is 11.8. The van der Waals surface area contributed by atoms with Crippen molar-refractivity contribution in [2.45, 2.75) is 32.0 Å². The van der Waals surface area contributed by atoms with Gasteiger partial charge in [0.25, 0.3) is 0 Å². The highest BCUT2D eigenvalue weighted by Gasteiger charge is 2.35. The Morgan fingerprint density at radius 3 is 2.56 bits per heavy atom. The molecule has 1 aliphatic rings. The normalized spacial score (nSPS) is 16.2. The molecule has 3 rings (SSSR count). The number of hydrogen-bond acceptors (Lipinski definition) is 8. The van der Waals surface area contributed by atoms with Gasteiger partial charge >= 0.3 is 12.1 Å². The number of amides is 5. The first-order valence-electron chi connectivity index (χ1n) is 10.7. The minimum absolute atomic E-state index is 0.0918. The zero-order valence-corrected chi connectivity index (χ0v) is 19.5. The Bertz CT molecular complexity index is 1020. The molecule has 0 saturated carbocycles. The molecule has 3 heterocycles. The number of rotatable bonds is 7. The van der Waals surface area contributed by atoms with Crippen molar-refractivity contribution in [2.24, 2.45) is 0 Å². The van der Waals surface area contributed by atoms with Gasteiger partial charge in [-0.2, -0.15) is 5.26 Å². The Labute approximate surface area is 201 Å². The van der Waals surface area contributed by atoms with E-state index in [4.69, 9.17) is 0 Å². The van der Waals surface area contributed by atoms with E-state index in [0.717, 1.165) is 10.7 Å². The topological polar surface area (TPSA) is 143 Å². The molecule has 1 saturated heterocycles. The van der Waals surface area contributed by atoms with E-state index in [1.165, 1.54) is 0 Å². The molecule has 1 fully saturated rings. The van der Waals surface area contributed by atoms with Gasteiger partial charge in [0, 0.05) is 48.4 Å². The fraction of sp³-hybridized carbons (Fsp3) is 0.364. The smallest absolute Gasteiger partial charge is 0.336 e. The van der Waals surface area contributed by atoms with Crippen LogP contribution in [0.25, 0.3) is 0 Å². The second-order valence-corrected chi connectivity index (χ2v) is 8.45. The number of aromatic nitrogens is 2. The van der Waals surface area contributed by atoms with Crippen molar-refractivity contribution in [2.75, 3.05) is 18.2 Å². The zero-order valence-electron chi connectivity index (χ0n) is 18.7. The van der Waals surface area contributed by atoms with Crippen LogP contribution in [0.5, 0.6) is 0 Å².